The molecule has 0 aliphatic heterocycles. The Morgan fingerprint density at radius 1 is 1.13 bits per heavy atom. The van der Waals surface area contributed by atoms with Gasteiger partial charge in [0.25, 0.3) is 0 Å². The van der Waals surface area contributed by atoms with E-state index in [0.29, 0.717) is 17.6 Å². The van der Waals surface area contributed by atoms with E-state index in [1.165, 1.54) is 7.11 Å². The van der Waals surface area contributed by atoms with Crippen LogP contribution in [0.3, 0.4) is 0 Å². The predicted molar refractivity (Wildman–Crippen MR) is 79.1 cm³/mol. The summed E-state index contributed by atoms with van der Waals surface area (Å²) in [5.74, 6) is 0.171. The number of alkyl halides is 3. The van der Waals surface area contributed by atoms with Gasteiger partial charge in [-0.1, -0.05) is 0 Å². The van der Waals surface area contributed by atoms with E-state index in [4.69, 9.17) is 9.47 Å². The van der Waals surface area contributed by atoms with Crippen molar-refractivity contribution in [1.29, 1.82) is 0 Å². The van der Waals surface area contributed by atoms with Gasteiger partial charge >= 0.3 is 6.18 Å². The Balaban J connectivity index is 2.28. The topological polar surface area (TPSA) is 56.3 Å². The molecule has 0 atom stereocenters. The van der Waals surface area contributed by atoms with Crippen molar-refractivity contribution in [2.45, 2.75) is 26.1 Å². The number of methoxy groups -OCH3 is 1. The molecule has 0 bridgehead atoms. The lowest BCUT2D eigenvalue weighted by atomic mass is 10.3. The lowest BCUT2D eigenvalue weighted by Gasteiger charge is -2.16. The van der Waals surface area contributed by atoms with Gasteiger partial charge in [-0.3, -0.25) is 0 Å². The number of halogens is 3. The molecule has 0 amide bonds. The summed E-state index contributed by atoms with van der Waals surface area (Å²) in [5, 5.41) is 2.82. The standard InChI is InChI=1S/C15H16F3N3O2/c1-9(2)23-13-12(15(16,17)18)8-19-14(21-13)20-10-4-6-11(22-3)7-5-10/h4-9H,1-3H3,(H,19,20,21). The van der Waals surface area contributed by atoms with Gasteiger partial charge in [-0.05, 0) is 38.1 Å². The molecular formula is C15H16F3N3O2. The van der Waals surface area contributed by atoms with Crippen LogP contribution in [0.25, 0.3) is 0 Å². The van der Waals surface area contributed by atoms with E-state index >= 15 is 0 Å². The molecule has 0 aliphatic rings. The summed E-state index contributed by atoms with van der Waals surface area (Å²) >= 11 is 0. The van der Waals surface area contributed by atoms with Crippen LogP contribution in [0, 0.1) is 0 Å². The molecule has 0 unspecified atom stereocenters. The monoisotopic (exact) mass is 327 g/mol. The highest BCUT2D eigenvalue weighted by Crippen LogP contribution is 2.35. The second kappa shape index (κ2) is 6.72. The highest BCUT2D eigenvalue weighted by atomic mass is 19.4. The number of benzene rings is 1. The van der Waals surface area contributed by atoms with Crippen LogP contribution in [0.15, 0.2) is 30.5 Å². The van der Waals surface area contributed by atoms with Gasteiger partial charge in [-0.15, -0.1) is 0 Å². The van der Waals surface area contributed by atoms with Gasteiger partial charge in [0, 0.05) is 11.9 Å². The third-order valence-corrected chi connectivity index (χ3v) is 2.75. The molecule has 0 aliphatic carbocycles. The zero-order valence-corrected chi connectivity index (χ0v) is 12.8. The average molecular weight is 327 g/mol. The lowest BCUT2D eigenvalue weighted by Crippen LogP contribution is -2.15. The Hall–Kier alpha value is -2.51. The van der Waals surface area contributed by atoms with Gasteiger partial charge in [-0.2, -0.15) is 18.2 Å². The molecule has 0 saturated carbocycles. The van der Waals surface area contributed by atoms with Crippen molar-refractivity contribution in [3.8, 4) is 11.6 Å². The van der Waals surface area contributed by atoms with E-state index in [2.05, 4.69) is 15.3 Å². The maximum Gasteiger partial charge on any atom is 0.423 e. The van der Waals surface area contributed by atoms with Crippen molar-refractivity contribution in [3.63, 3.8) is 0 Å². The zero-order chi connectivity index (χ0) is 17.0. The molecule has 8 heteroatoms. The Bertz CT molecular complexity index is 658. The van der Waals surface area contributed by atoms with E-state index in [1.54, 1.807) is 38.1 Å². The molecule has 1 aromatic heterocycles. The first-order chi connectivity index (χ1) is 10.8. The van der Waals surface area contributed by atoms with Crippen molar-refractivity contribution in [2.75, 3.05) is 12.4 Å². The van der Waals surface area contributed by atoms with Crippen LogP contribution in [-0.2, 0) is 6.18 Å². The first-order valence-corrected chi connectivity index (χ1v) is 6.81. The molecule has 1 aromatic carbocycles. The molecule has 1 N–H and O–H groups in total. The highest BCUT2D eigenvalue weighted by Gasteiger charge is 2.36. The SMILES string of the molecule is COc1ccc(Nc2ncc(C(F)(F)F)c(OC(C)C)n2)cc1. The summed E-state index contributed by atoms with van der Waals surface area (Å²) in [5.41, 5.74) is -0.396. The average Bonchev–Trinajstić information content (AvgIpc) is 2.46. The van der Waals surface area contributed by atoms with Crippen LogP contribution >= 0.6 is 0 Å². The molecule has 5 nitrogen and oxygen atoms in total. The van der Waals surface area contributed by atoms with E-state index in [1.807, 2.05) is 0 Å². The van der Waals surface area contributed by atoms with Crippen LogP contribution in [0.1, 0.15) is 19.4 Å². The van der Waals surface area contributed by atoms with E-state index in [0.717, 1.165) is 0 Å². The fraction of sp³-hybridized carbons (Fsp3) is 0.333. The first-order valence-electron chi connectivity index (χ1n) is 6.81. The minimum atomic E-state index is -4.58. The summed E-state index contributed by atoms with van der Waals surface area (Å²) in [4.78, 5) is 7.52. The molecule has 0 saturated heterocycles. The van der Waals surface area contributed by atoms with E-state index in [9.17, 15) is 13.2 Å². The Kier molecular flexibility index (Phi) is 4.92. The number of aromatic nitrogens is 2. The highest BCUT2D eigenvalue weighted by molar-refractivity contribution is 5.55. The number of nitrogens with zero attached hydrogens (tertiary/aromatic N) is 2. The lowest BCUT2D eigenvalue weighted by molar-refractivity contribution is -0.139. The number of nitrogens with one attached hydrogen (secondary N) is 1. The van der Waals surface area contributed by atoms with E-state index in [-0.39, 0.29) is 5.95 Å². The maximum absolute atomic E-state index is 12.9. The van der Waals surface area contributed by atoms with Crippen molar-refractivity contribution < 1.29 is 22.6 Å². The summed E-state index contributed by atoms with van der Waals surface area (Å²) < 4.78 is 49.0. The van der Waals surface area contributed by atoms with Crippen LogP contribution < -0.4 is 14.8 Å². The molecule has 2 rings (SSSR count). The van der Waals surface area contributed by atoms with Gasteiger partial charge < -0.3 is 14.8 Å². The van der Waals surface area contributed by atoms with Gasteiger partial charge in [-0.25, -0.2) is 4.98 Å². The summed E-state index contributed by atoms with van der Waals surface area (Å²) in [6.45, 7) is 3.25. The number of hydrogen-bond donors (Lipinski definition) is 1. The minimum Gasteiger partial charge on any atom is -0.497 e. The van der Waals surface area contributed by atoms with Crippen LogP contribution in [0.4, 0.5) is 24.8 Å². The quantitative estimate of drug-likeness (QED) is 0.898. The minimum absolute atomic E-state index is 0.0128. The molecule has 23 heavy (non-hydrogen) atoms. The third-order valence-electron chi connectivity index (χ3n) is 2.75. The Morgan fingerprint density at radius 3 is 2.30 bits per heavy atom. The van der Waals surface area contributed by atoms with Crippen LogP contribution in [0.2, 0.25) is 0 Å². The maximum atomic E-state index is 12.9. The van der Waals surface area contributed by atoms with Crippen LogP contribution in [0.5, 0.6) is 11.6 Å². The molecule has 1 heterocycles. The second-order valence-corrected chi connectivity index (χ2v) is 4.93. The normalized spacial score (nSPS) is 11.4. The van der Waals surface area contributed by atoms with Gasteiger partial charge in [0.05, 0.1) is 13.2 Å². The Morgan fingerprint density at radius 2 is 1.78 bits per heavy atom. The fourth-order valence-corrected chi connectivity index (χ4v) is 1.74. The second-order valence-electron chi connectivity index (χ2n) is 4.93. The molecule has 0 fully saturated rings. The van der Waals surface area contributed by atoms with Gasteiger partial charge in [0.2, 0.25) is 11.8 Å². The molecule has 0 radical (unpaired) electrons. The number of rotatable bonds is 5. The molecular weight excluding hydrogens is 311 g/mol. The number of anilines is 2. The summed E-state index contributed by atoms with van der Waals surface area (Å²) in [6, 6.07) is 6.81. The van der Waals surface area contributed by atoms with Crippen molar-refractivity contribution in [3.05, 3.63) is 36.0 Å². The number of hydrogen-bond acceptors (Lipinski definition) is 5. The molecule has 2 aromatic rings. The fourth-order valence-electron chi connectivity index (χ4n) is 1.74. The third kappa shape index (κ3) is 4.48. The summed E-state index contributed by atoms with van der Waals surface area (Å²) in [7, 11) is 1.54. The van der Waals surface area contributed by atoms with Crippen LogP contribution in [-0.4, -0.2) is 23.2 Å². The molecule has 0 spiro atoms. The van der Waals surface area contributed by atoms with Gasteiger partial charge in [0.15, 0.2) is 0 Å². The van der Waals surface area contributed by atoms with Crippen molar-refractivity contribution in [1.82, 2.24) is 9.97 Å². The van der Waals surface area contributed by atoms with Crippen molar-refractivity contribution in [2.24, 2.45) is 0 Å². The smallest absolute Gasteiger partial charge is 0.423 e. The van der Waals surface area contributed by atoms with Crippen molar-refractivity contribution >= 4 is 11.6 Å². The summed E-state index contributed by atoms with van der Waals surface area (Å²) in [6.07, 6.45) is -4.32. The molecule has 124 valence electrons. The largest absolute Gasteiger partial charge is 0.497 e. The van der Waals surface area contributed by atoms with E-state index < -0.39 is 23.7 Å². The van der Waals surface area contributed by atoms with Gasteiger partial charge in [0.1, 0.15) is 11.3 Å². The first kappa shape index (κ1) is 16.9. The number of ether oxygens (including phenoxy) is 2. The Labute approximate surface area is 131 Å². The predicted octanol–water partition coefficient (Wildman–Crippen LogP) is 4.03. The zero-order valence-electron chi connectivity index (χ0n) is 12.8.